The first-order valence-electron chi connectivity index (χ1n) is 3.99. The largest absolute Gasteiger partial charge is 0.393 e. The molecule has 3 atom stereocenters. The number of piperidine rings is 1. The second-order valence-corrected chi connectivity index (χ2v) is 3.57. The molecule has 10 heavy (non-hydrogen) atoms. The van der Waals surface area contributed by atoms with E-state index in [2.05, 4.69) is 25.8 Å². The van der Waals surface area contributed by atoms with Gasteiger partial charge in [-0.2, -0.15) is 0 Å². The first-order valence-corrected chi connectivity index (χ1v) is 3.99. The summed E-state index contributed by atoms with van der Waals surface area (Å²) >= 11 is 0. The van der Waals surface area contributed by atoms with Crippen LogP contribution >= 0.6 is 0 Å². The number of hydrogen-bond acceptors (Lipinski definition) is 2. The van der Waals surface area contributed by atoms with Gasteiger partial charge in [-0.05, 0) is 26.3 Å². The van der Waals surface area contributed by atoms with Crippen molar-refractivity contribution >= 4 is 0 Å². The second-order valence-electron chi connectivity index (χ2n) is 3.57. The SMILES string of the molecule is C[C@@H]1C[C@H](O)[C@@H](C)CN1C. The van der Waals surface area contributed by atoms with Crippen LogP contribution < -0.4 is 0 Å². The molecule has 1 heterocycles. The summed E-state index contributed by atoms with van der Waals surface area (Å²) in [6.45, 7) is 5.30. The van der Waals surface area contributed by atoms with Crippen LogP contribution in [0.5, 0.6) is 0 Å². The highest BCUT2D eigenvalue weighted by Gasteiger charge is 2.26. The van der Waals surface area contributed by atoms with E-state index in [1.54, 1.807) is 0 Å². The van der Waals surface area contributed by atoms with E-state index in [1.165, 1.54) is 0 Å². The topological polar surface area (TPSA) is 23.5 Å². The Morgan fingerprint density at radius 3 is 2.50 bits per heavy atom. The predicted molar refractivity (Wildman–Crippen MR) is 41.9 cm³/mol. The van der Waals surface area contributed by atoms with E-state index in [0.29, 0.717) is 12.0 Å². The van der Waals surface area contributed by atoms with E-state index in [-0.39, 0.29) is 6.10 Å². The van der Waals surface area contributed by atoms with Crippen molar-refractivity contribution in [3.63, 3.8) is 0 Å². The molecule has 0 saturated carbocycles. The van der Waals surface area contributed by atoms with Crippen LogP contribution in [0.3, 0.4) is 0 Å². The van der Waals surface area contributed by atoms with Crippen molar-refractivity contribution in [2.75, 3.05) is 13.6 Å². The van der Waals surface area contributed by atoms with E-state index in [1.807, 2.05) is 0 Å². The maximum Gasteiger partial charge on any atom is 0.0592 e. The van der Waals surface area contributed by atoms with E-state index < -0.39 is 0 Å². The lowest BCUT2D eigenvalue weighted by molar-refractivity contribution is 0.0175. The molecule has 0 unspecified atom stereocenters. The molecule has 0 aliphatic carbocycles. The molecular formula is C8H17NO. The van der Waals surface area contributed by atoms with E-state index >= 15 is 0 Å². The molecule has 0 aromatic carbocycles. The van der Waals surface area contributed by atoms with Gasteiger partial charge in [0.15, 0.2) is 0 Å². The summed E-state index contributed by atoms with van der Waals surface area (Å²) in [5.74, 6) is 0.446. The number of nitrogens with zero attached hydrogens (tertiary/aromatic N) is 1. The molecule has 0 bridgehead atoms. The Hall–Kier alpha value is -0.0800. The van der Waals surface area contributed by atoms with Crippen molar-refractivity contribution < 1.29 is 5.11 Å². The van der Waals surface area contributed by atoms with Crippen LogP contribution in [0.1, 0.15) is 20.3 Å². The minimum atomic E-state index is -0.0776. The van der Waals surface area contributed by atoms with Crippen molar-refractivity contribution in [1.29, 1.82) is 0 Å². The molecule has 1 rings (SSSR count). The van der Waals surface area contributed by atoms with Crippen molar-refractivity contribution in [3.8, 4) is 0 Å². The van der Waals surface area contributed by atoms with Crippen LogP contribution in [0, 0.1) is 5.92 Å². The number of rotatable bonds is 0. The number of hydrogen-bond donors (Lipinski definition) is 1. The molecule has 0 aromatic heterocycles. The van der Waals surface area contributed by atoms with Gasteiger partial charge in [0.05, 0.1) is 6.10 Å². The molecule has 0 aromatic rings. The zero-order valence-electron chi connectivity index (χ0n) is 7.04. The lowest BCUT2D eigenvalue weighted by Gasteiger charge is -2.37. The van der Waals surface area contributed by atoms with Gasteiger partial charge in [-0.15, -0.1) is 0 Å². The Kier molecular flexibility index (Phi) is 2.32. The van der Waals surface area contributed by atoms with Gasteiger partial charge in [0, 0.05) is 12.6 Å². The number of aliphatic hydroxyl groups is 1. The van der Waals surface area contributed by atoms with Crippen LogP contribution in [0.2, 0.25) is 0 Å². The summed E-state index contributed by atoms with van der Waals surface area (Å²) in [5, 5.41) is 9.44. The first kappa shape index (κ1) is 8.02. The van der Waals surface area contributed by atoms with E-state index in [9.17, 15) is 5.11 Å². The fourth-order valence-electron chi connectivity index (χ4n) is 1.52. The third-order valence-corrected chi connectivity index (χ3v) is 2.57. The lowest BCUT2D eigenvalue weighted by atomic mass is 9.93. The first-order chi connectivity index (χ1) is 4.61. The highest BCUT2D eigenvalue weighted by molar-refractivity contribution is 4.80. The molecule has 1 saturated heterocycles. The van der Waals surface area contributed by atoms with Crippen molar-refractivity contribution in [2.45, 2.75) is 32.4 Å². The number of likely N-dealkylation sites (tertiary alicyclic amines) is 1. The lowest BCUT2D eigenvalue weighted by Crippen LogP contribution is -2.45. The summed E-state index contributed by atoms with van der Waals surface area (Å²) in [5.41, 5.74) is 0. The summed E-state index contributed by atoms with van der Waals surface area (Å²) in [7, 11) is 2.12. The van der Waals surface area contributed by atoms with Crippen molar-refractivity contribution in [1.82, 2.24) is 4.90 Å². The van der Waals surface area contributed by atoms with Gasteiger partial charge in [0.2, 0.25) is 0 Å². The van der Waals surface area contributed by atoms with Crippen molar-refractivity contribution in [2.24, 2.45) is 5.92 Å². The maximum atomic E-state index is 9.44. The Bertz CT molecular complexity index is 89.8. The van der Waals surface area contributed by atoms with Crippen LogP contribution in [-0.4, -0.2) is 35.7 Å². The maximum absolute atomic E-state index is 9.44. The predicted octanol–water partition coefficient (Wildman–Crippen LogP) is 0.707. The van der Waals surface area contributed by atoms with Gasteiger partial charge in [-0.1, -0.05) is 6.92 Å². The Labute approximate surface area is 62.8 Å². The average molecular weight is 143 g/mol. The molecule has 1 aliphatic heterocycles. The van der Waals surface area contributed by atoms with Crippen LogP contribution in [-0.2, 0) is 0 Å². The minimum absolute atomic E-state index is 0.0776. The van der Waals surface area contributed by atoms with Gasteiger partial charge < -0.3 is 10.0 Å². The molecule has 2 nitrogen and oxygen atoms in total. The highest BCUT2D eigenvalue weighted by Crippen LogP contribution is 2.19. The third-order valence-electron chi connectivity index (χ3n) is 2.57. The quantitative estimate of drug-likeness (QED) is 0.540. The fraction of sp³-hybridized carbons (Fsp3) is 1.00. The highest BCUT2D eigenvalue weighted by atomic mass is 16.3. The summed E-state index contributed by atoms with van der Waals surface area (Å²) in [4.78, 5) is 2.30. The average Bonchev–Trinajstić information content (AvgIpc) is 1.84. The monoisotopic (exact) mass is 143 g/mol. The summed E-state index contributed by atoms with van der Waals surface area (Å²) in [6.07, 6.45) is 0.851. The fourth-order valence-corrected chi connectivity index (χ4v) is 1.52. The van der Waals surface area contributed by atoms with Gasteiger partial charge in [0.1, 0.15) is 0 Å². The van der Waals surface area contributed by atoms with Gasteiger partial charge in [-0.3, -0.25) is 0 Å². The molecule has 1 N–H and O–H groups in total. The molecule has 1 aliphatic rings. The number of aliphatic hydroxyl groups excluding tert-OH is 1. The van der Waals surface area contributed by atoms with E-state index in [4.69, 9.17) is 0 Å². The van der Waals surface area contributed by atoms with Crippen LogP contribution in [0.25, 0.3) is 0 Å². The smallest absolute Gasteiger partial charge is 0.0592 e. The third kappa shape index (κ3) is 1.50. The molecule has 1 fully saturated rings. The molecule has 0 radical (unpaired) electrons. The summed E-state index contributed by atoms with van der Waals surface area (Å²) in [6, 6.07) is 0.547. The van der Waals surface area contributed by atoms with E-state index in [0.717, 1.165) is 13.0 Å². The Morgan fingerprint density at radius 2 is 2.00 bits per heavy atom. The molecular weight excluding hydrogens is 126 g/mol. The van der Waals surface area contributed by atoms with Crippen molar-refractivity contribution in [3.05, 3.63) is 0 Å². The molecule has 60 valence electrons. The van der Waals surface area contributed by atoms with Gasteiger partial charge in [0.25, 0.3) is 0 Å². The minimum Gasteiger partial charge on any atom is -0.393 e. The van der Waals surface area contributed by atoms with Crippen LogP contribution in [0.4, 0.5) is 0 Å². The molecule has 0 spiro atoms. The standard InChI is InChI=1S/C8H17NO/c1-6-5-9(3)7(2)4-8(6)10/h6-8,10H,4-5H2,1-3H3/t6-,7+,8-/m0/s1. The normalized spacial score (nSPS) is 43.8. The Balaban J connectivity index is 2.46. The van der Waals surface area contributed by atoms with Gasteiger partial charge >= 0.3 is 0 Å². The second kappa shape index (κ2) is 2.89. The Morgan fingerprint density at radius 1 is 1.40 bits per heavy atom. The summed E-state index contributed by atoms with van der Waals surface area (Å²) < 4.78 is 0. The molecule has 0 amide bonds. The molecule has 2 heteroatoms. The zero-order chi connectivity index (χ0) is 7.72. The zero-order valence-corrected chi connectivity index (χ0v) is 7.04. The van der Waals surface area contributed by atoms with Crippen LogP contribution in [0.15, 0.2) is 0 Å². The van der Waals surface area contributed by atoms with Gasteiger partial charge in [-0.25, -0.2) is 0 Å².